The first-order valence-electron chi connectivity index (χ1n) is 8.90. The van der Waals surface area contributed by atoms with Crippen LogP contribution in [0.2, 0.25) is 0 Å². The Kier molecular flexibility index (Phi) is 5.67. The van der Waals surface area contributed by atoms with E-state index in [9.17, 15) is 0 Å². The van der Waals surface area contributed by atoms with Crippen molar-refractivity contribution in [1.29, 1.82) is 0 Å². The van der Waals surface area contributed by atoms with Crippen LogP contribution in [0.3, 0.4) is 0 Å². The number of nitrogens with two attached hydrogens (primary N) is 1. The van der Waals surface area contributed by atoms with Crippen LogP contribution in [0.1, 0.15) is 47.6 Å². The largest absolute Gasteiger partial charge is 0.326 e. The van der Waals surface area contributed by atoms with Crippen molar-refractivity contribution in [2.45, 2.75) is 45.2 Å². The van der Waals surface area contributed by atoms with Crippen LogP contribution in [-0.2, 0) is 6.54 Å². The van der Waals surface area contributed by atoms with Gasteiger partial charge in [-0.3, -0.25) is 4.90 Å². The number of nitrogens with zero attached hydrogens (tertiary/aromatic N) is 4. The summed E-state index contributed by atoms with van der Waals surface area (Å²) in [6.07, 6.45) is 0. The molecule has 3 aromatic rings. The highest BCUT2D eigenvalue weighted by Gasteiger charge is 2.32. The van der Waals surface area contributed by atoms with Crippen molar-refractivity contribution in [3.63, 3.8) is 0 Å². The zero-order valence-corrected chi connectivity index (χ0v) is 17.1. The molecule has 4 rings (SSSR count). The third-order valence-electron chi connectivity index (χ3n) is 5.02. The Bertz CT molecular complexity index is 873. The van der Waals surface area contributed by atoms with Gasteiger partial charge in [-0.05, 0) is 18.4 Å². The molecule has 140 valence electrons. The van der Waals surface area contributed by atoms with Crippen molar-refractivity contribution in [3.8, 4) is 0 Å². The molecule has 3 heterocycles. The van der Waals surface area contributed by atoms with Gasteiger partial charge in [0.1, 0.15) is 5.01 Å². The summed E-state index contributed by atoms with van der Waals surface area (Å²) < 4.78 is 2.04. The van der Waals surface area contributed by atoms with E-state index >= 15 is 0 Å². The highest BCUT2D eigenvalue weighted by atomic mass is 35.5. The van der Waals surface area contributed by atoms with Crippen molar-refractivity contribution in [3.05, 3.63) is 52.3 Å². The molecule has 2 atom stereocenters. The number of imidazole rings is 1. The van der Waals surface area contributed by atoms with E-state index in [0.717, 1.165) is 35.3 Å². The Morgan fingerprint density at radius 3 is 2.65 bits per heavy atom. The predicted molar refractivity (Wildman–Crippen MR) is 109 cm³/mol. The van der Waals surface area contributed by atoms with Crippen LogP contribution < -0.4 is 5.73 Å². The molecule has 0 saturated carbocycles. The quantitative estimate of drug-likeness (QED) is 0.738. The van der Waals surface area contributed by atoms with Crippen LogP contribution in [0.25, 0.3) is 4.96 Å². The Hall–Kier alpha value is -1.47. The lowest BCUT2D eigenvalue weighted by molar-refractivity contribution is 0.315. The molecule has 1 saturated heterocycles. The van der Waals surface area contributed by atoms with E-state index in [2.05, 4.69) is 54.2 Å². The summed E-state index contributed by atoms with van der Waals surface area (Å²) in [6.45, 7) is 9.19. The van der Waals surface area contributed by atoms with Crippen LogP contribution in [0.15, 0.2) is 30.3 Å². The van der Waals surface area contributed by atoms with Gasteiger partial charge in [-0.15, -0.1) is 12.4 Å². The van der Waals surface area contributed by atoms with Crippen LogP contribution in [-0.4, -0.2) is 38.6 Å². The molecule has 2 aromatic heterocycles. The highest BCUT2D eigenvalue weighted by Crippen LogP contribution is 2.30. The minimum Gasteiger partial charge on any atom is -0.326 e. The average molecular weight is 392 g/mol. The number of hydrogen-bond acceptors (Lipinski definition) is 5. The number of aromatic nitrogens is 3. The summed E-state index contributed by atoms with van der Waals surface area (Å²) in [5.74, 6) is 0.787. The van der Waals surface area contributed by atoms with E-state index < -0.39 is 0 Å². The molecule has 1 aliphatic heterocycles. The number of fused-ring (bicyclic) bond motifs is 1. The van der Waals surface area contributed by atoms with Crippen LogP contribution >= 0.6 is 23.7 Å². The summed E-state index contributed by atoms with van der Waals surface area (Å²) in [5, 5.41) is 5.72. The maximum atomic E-state index is 6.47. The lowest BCUT2D eigenvalue weighted by atomic mass is 9.95. The second-order valence-electron chi connectivity index (χ2n) is 7.29. The zero-order chi connectivity index (χ0) is 17.6. The van der Waals surface area contributed by atoms with Gasteiger partial charge in [0.15, 0.2) is 0 Å². The van der Waals surface area contributed by atoms with E-state index in [1.807, 2.05) is 11.4 Å². The van der Waals surface area contributed by atoms with Gasteiger partial charge in [-0.25, -0.2) is 9.50 Å². The summed E-state index contributed by atoms with van der Waals surface area (Å²) in [6, 6.07) is 10.8. The molecule has 7 heteroatoms. The second kappa shape index (κ2) is 7.64. The fraction of sp³-hybridized carbons (Fsp3) is 0.474. The molecule has 1 aromatic carbocycles. The van der Waals surface area contributed by atoms with Crippen LogP contribution in [0, 0.1) is 6.92 Å². The molecular weight excluding hydrogens is 366 g/mol. The van der Waals surface area contributed by atoms with Gasteiger partial charge in [0, 0.05) is 31.6 Å². The molecule has 0 bridgehead atoms. The van der Waals surface area contributed by atoms with Gasteiger partial charge in [0.05, 0.1) is 11.4 Å². The number of likely N-dealkylation sites (tertiary alicyclic amines) is 1. The molecule has 0 aliphatic carbocycles. The molecular formula is C19H26ClN5S. The second-order valence-corrected chi connectivity index (χ2v) is 8.45. The van der Waals surface area contributed by atoms with E-state index in [4.69, 9.17) is 10.7 Å². The number of aryl methyl sites for hydroxylation is 1. The minimum absolute atomic E-state index is 0. The van der Waals surface area contributed by atoms with Gasteiger partial charge in [0.2, 0.25) is 4.96 Å². The first kappa shape index (κ1) is 19.3. The Morgan fingerprint density at radius 1 is 1.23 bits per heavy atom. The molecule has 2 N–H and O–H groups in total. The fourth-order valence-electron chi connectivity index (χ4n) is 3.82. The summed E-state index contributed by atoms with van der Waals surface area (Å²) in [7, 11) is 0. The standard InChI is InChI=1S/C19H25N5S.ClH/c1-12(2)18-17(24-19(21-18)25-13(3)22-24)11-23-9-15(16(20)10-23)14-7-5-4-6-8-14;/h4-8,12,15-16H,9-11,20H2,1-3H3;1H/t15-,16+;/m0./s1. The van der Waals surface area contributed by atoms with E-state index in [-0.39, 0.29) is 18.4 Å². The molecule has 0 spiro atoms. The maximum Gasteiger partial charge on any atom is 0.212 e. The molecule has 0 amide bonds. The molecule has 5 nitrogen and oxygen atoms in total. The van der Waals surface area contributed by atoms with E-state index in [1.165, 1.54) is 11.3 Å². The molecule has 1 fully saturated rings. The predicted octanol–water partition coefficient (Wildman–Crippen LogP) is 3.57. The first-order valence-corrected chi connectivity index (χ1v) is 9.72. The molecule has 0 radical (unpaired) electrons. The van der Waals surface area contributed by atoms with Crippen LogP contribution in [0.5, 0.6) is 0 Å². The summed E-state index contributed by atoms with van der Waals surface area (Å²) >= 11 is 1.66. The van der Waals surface area contributed by atoms with Gasteiger partial charge in [-0.1, -0.05) is 55.5 Å². The molecule has 26 heavy (non-hydrogen) atoms. The number of benzene rings is 1. The van der Waals surface area contributed by atoms with Crippen molar-refractivity contribution in [1.82, 2.24) is 19.5 Å². The minimum atomic E-state index is 0. The third kappa shape index (κ3) is 3.51. The topological polar surface area (TPSA) is 59.5 Å². The zero-order valence-electron chi connectivity index (χ0n) is 15.4. The lowest BCUT2D eigenvalue weighted by Gasteiger charge is -2.17. The Labute approximate surface area is 164 Å². The number of hydrogen-bond donors (Lipinski definition) is 1. The van der Waals surface area contributed by atoms with Crippen molar-refractivity contribution < 1.29 is 0 Å². The SMILES string of the molecule is Cc1nn2c(CN3C[C@@H](N)[C@H](c4ccccc4)C3)c(C(C)C)nc2s1.Cl. The van der Waals surface area contributed by atoms with Gasteiger partial charge >= 0.3 is 0 Å². The molecule has 0 unspecified atom stereocenters. The van der Waals surface area contributed by atoms with Crippen LogP contribution in [0.4, 0.5) is 0 Å². The smallest absolute Gasteiger partial charge is 0.212 e. The van der Waals surface area contributed by atoms with E-state index in [0.29, 0.717) is 11.8 Å². The normalized spacial score (nSPS) is 20.8. The highest BCUT2D eigenvalue weighted by molar-refractivity contribution is 7.16. The third-order valence-corrected chi connectivity index (χ3v) is 5.84. The number of halogens is 1. The van der Waals surface area contributed by atoms with Crippen molar-refractivity contribution in [2.75, 3.05) is 13.1 Å². The monoisotopic (exact) mass is 391 g/mol. The number of rotatable bonds is 4. The maximum absolute atomic E-state index is 6.47. The Morgan fingerprint density at radius 2 is 1.96 bits per heavy atom. The van der Waals surface area contributed by atoms with Gasteiger partial charge in [-0.2, -0.15) is 5.10 Å². The first-order chi connectivity index (χ1) is 12.0. The van der Waals surface area contributed by atoms with Gasteiger partial charge in [0.25, 0.3) is 0 Å². The summed E-state index contributed by atoms with van der Waals surface area (Å²) in [4.78, 5) is 8.28. The summed E-state index contributed by atoms with van der Waals surface area (Å²) in [5.41, 5.74) is 10.2. The fourth-order valence-corrected chi connectivity index (χ4v) is 4.59. The average Bonchev–Trinajstić information content (AvgIpc) is 3.22. The van der Waals surface area contributed by atoms with Gasteiger partial charge < -0.3 is 5.73 Å². The van der Waals surface area contributed by atoms with Crippen molar-refractivity contribution in [2.24, 2.45) is 5.73 Å². The van der Waals surface area contributed by atoms with Crippen molar-refractivity contribution >= 4 is 28.7 Å². The van der Waals surface area contributed by atoms with E-state index in [1.54, 1.807) is 11.3 Å². The molecule has 1 aliphatic rings. The lowest BCUT2D eigenvalue weighted by Crippen LogP contribution is -2.29. The Balaban J connectivity index is 0.00000196.